The lowest BCUT2D eigenvalue weighted by Crippen LogP contribution is -2.43. The largest absolute Gasteiger partial charge is 0.322 e. The minimum Gasteiger partial charge on any atom is -0.322 e. The molecule has 0 aliphatic carbocycles. The fourth-order valence-corrected chi connectivity index (χ4v) is 4.60. The maximum Gasteiger partial charge on any atom is 0.257 e. The zero-order valence-corrected chi connectivity index (χ0v) is 21.4. The number of halogens is 1. The SMILES string of the molecule is CN1CCN(Cc2ccc(NC(=O)c3cncc(C#Cc4n[nH]c5ncccc45)c3)cc2I)CC1. The molecule has 0 bridgehead atoms. The van der Waals surface area contributed by atoms with Crippen molar-refractivity contribution in [2.24, 2.45) is 0 Å². The number of aromatic amines is 1. The molecule has 1 fully saturated rings. The van der Waals surface area contributed by atoms with Crippen LogP contribution in [-0.2, 0) is 6.54 Å². The number of H-pyrrole nitrogens is 1. The van der Waals surface area contributed by atoms with Gasteiger partial charge in [0.25, 0.3) is 5.91 Å². The predicted molar refractivity (Wildman–Crippen MR) is 144 cm³/mol. The summed E-state index contributed by atoms with van der Waals surface area (Å²) in [6.07, 6.45) is 4.87. The summed E-state index contributed by atoms with van der Waals surface area (Å²) in [5.41, 5.74) is 4.40. The zero-order chi connectivity index (χ0) is 24.2. The van der Waals surface area contributed by atoms with Crippen LogP contribution in [0.15, 0.2) is 55.0 Å². The third kappa shape index (κ3) is 5.67. The number of piperazine rings is 1. The molecule has 5 rings (SSSR count). The average molecular weight is 577 g/mol. The summed E-state index contributed by atoms with van der Waals surface area (Å²) < 4.78 is 1.14. The highest BCUT2D eigenvalue weighted by Gasteiger charge is 2.15. The summed E-state index contributed by atoms with van der Waals surface area (Å²) in [6.45, 7) is 5.26. The van der Waals surface area contributed by atoms with E-state index in [4.69, 9.17) is 0 Å². The van der Waals surface area contributed by atoms with Crippen molar-refractivity contribution in [3.8, 4) is 11.8 Å². The molecule has 176 valence electrons. The number of hydrogen-bond acceptors (Lipinski definition) is 6. The number of hydrogen-bond donors (Lipinski definition) is 2. The summed E-state index contributed by atoms with van der Waals surface area (Å²) in [4.78, 5) is 26.1. The number of carbonyl (C=O) groups is 1. The van der Waals surface area contributed by atoms with Gasteiger partial charge in [0, 0.05) is 66.1 Å². The second kappa shape index (κ2) is 10.5. The summed E-state index contributed by atoms with van der Waals surface area (Å²) in [5, 5.41) is 10.9. The topological polar surface area (TPSA) is 90.0 Å². The third-order valence-electron chi connectivity index (χ3n) is 5.96. The number of carbonyl (C=O) groups excluding carboxylic acids is 1. The van der Waals surface area contributed by atoms with Crippen molar-refractivity contribution in [3.63, 3.8) is 0 Å². The first-order chi connectivity index (χ1) is 17.0. The Morgan fingerprint density at radius 1 is 1.14 bits per heavy atom. The molecular formula is C26H24IN7O. The molecule has 4 heterocycles. The van der Waals surface area contributed by atoms with Crippen LogP contribution in [0.4, 0.5) is 5.69 Å². The van der Waals surface area contributed by atoms with Crippen molar-refractivity contribution in [1.82, 2.24) is 30.0 Å². The number of nitrogens with one attached hydrogen (secondary N) is 2. The second-order valence-corrected chi connectivity index (χ2v) is 9.69. The van der Waals surface area contributed by atoms with Gasteiger partial charge in [-0.3, -0.25) is 19.8 Å². The van der Waals surface area contributed by atoms with Crippen LogP contribution in [0.2, 0.25) is 0 Å². The van der Waals surface area contributed by atoms with Gasteiger partial charge in [0.2, 0.25) is 0 Å². The molecule has 1 amide bonds. The molecule has 0 unspecified atom stereocenters. The van der Waals surface area contributed by atoms with E-state index in [9.17, 15) is 4.79 Å². The molecule has 3 aromatic heterocycles. The molecular weight excluding hydrogens is 553 g/mol. The van der Waals surface area contributed by atoms with Gasteiger partial charge in [-0.25, -0.2) is 4.98 Å². The Kier molecular flexibility index (Phi) is 7.03. The molecule has 0 radical (unpaired) electrons. The Hall–Kier alpha value is -3.33. The number of pyridine rings is 2. The van der Waals surface area contributed by atoms with Crippen LogP contribution in [0, 0.1) is 15.4 Å². The van der Waals surface area contributed by atoms with Gasteiger partial charge in [0.1, 0.15) is 5.69 Å². The highest BCUT2D eigenvalue weighted by Crippen LogP contribution is 2.21. The molecule has 1 aliphatic heterocycles. The summed E-state index contributed by atoms with van der Waals surface area (Å²) in [5.74, 6) is 5.86. The maximum atomic E-state index is 12.9. The number of rotatable bonds is 4. The fraction of sp³-hybridized carbons (Fsp3) is 0.231. The lowest BCUT2D eigenvalue weighted by molar-refractivity contribution is 0.102. The molecule has 1 saturated heterocycles. The van der Waals surface area contributed by atoms with E-state index >= 15 is 0 Å². The van der Waals surface area contributed by atoms with E-state index in [1.165, 1.54) is 5.56 Å². The zero-order valence-electron chi connectivity index (χ0n) is 19.3. The Morgan fingerprint density at radius 3 is 2.83 bits per heavy atom. The van der Waals surface area contributed by atoms with Gasteiger partial charge in [0.15, 0.2) is 5.65 Å². The van der Waals surface area contributed by atoms with Gasteiger partial charge in [-0.15, -0.1) is 0 Å². The van der Waals surface area contributed by atoms with E-state index in [1.54, 1.807) is 24.7 Å². The second-order valence-electron chi connectivity index (χ2n) is 8.52. The average Bonchev–Trinajstić information content (AvgIpc) is 3.29. The molecule has 0 saturated carbocycles. The number of fused-ring (bicyclic) bond motifs is 1. The number of amides is 1. The summed E-state index contributed by atoms with van der Waals surface area (Å²) in [7, 11) is 2.16. The fourth-order valence-electron chi connectivity index (χ4n) is 3.92. The molecule has 35 heavy (non-hydrogen) atoms. The predicted octanol–water partition coefficient (Wildman–Crippen LogP) is 3.36. The number of benzene rings is 1. The van der Waals surface area contributed by atoms with Crippen molar-refractivity contribution in [2.75, 3.05) is 38.5 Å². The summed E-state index contributed by atoms with van der Waals surface area (Å²) in [6, 6.07) is 11.6. The number of nitrogens with zero attached hydrogens (tertiary/aromatic N) is 5. The van der Waals surface area contributed by atoms with Crippen molar-refractivity contribution >= 4 is 45.2 Å². The van der Waals surface area contributed by atoms with E-state index in [1.807, 2.05) is 24.3 Å². The third-order valence-corrected chi connectivity index (χ3v) is 6.97. The Balaban J connectivity index is 1.26. The standard InChI is InChI=1S/C26H24IN7O/c1-33-9-11-34(12-10-33)17-19-5-6-21(14-23(19)27)30-26(35)20-13-18(15-28-16-20)4-7-24-22-3-2-8-29-25(22)32-31-24/h2-3,5-6,8,13-16H,9-12,17H2,1H3,(H,30,35)(H,29,31,32). The van der Waals surface area contributed by atoms with Crippen molar-refractivity contribution < 1.29 is 4.79 Å². The lowest BCUT2D eigenvalue weighted by Gasteiger charge is -2.32. The molecule has 1 aromatic carbocycles. The van der Waals surface area contributed by atoms with Gasteiger partial charge in [-0.2, -0.15) is 5.10 Å². The van der Waals surface area contributed by atoms with Gasteiger partial charge in [0.05, 0.1) is 10.9 Å². The summed E-state index contributed by atoms with van der Waals surface area (Å²) >= 11 is 2.34. The van der Waals surface area contributed by atoms with E-state index < -0.39 is 0 Å². The van der Waals surface area contributed by atoms with Gasteiger partial charge in [-0.05, 0) is 71.5 Å². The van der Waals surface area contributed by atoms with Crippen LogP contribution in [0.25, 0.3) is 11.0 Å². The maximum absolute atomic E-state index is 12.9. The number of likely N-dealkylation sites (N-methyl/N-ethyl adjacent to an activating group) is 1. The number of aromatic nitrogens is 4. The van der Waals surface area contributed by atoms with E-state index in [0.29, 0.717) is 22.5 Å². The van der Waals surface area contributed by atoms with Gasteiger partial charge >= 0.3 is 0 Å². The van der Waals surface area contributed by atoms with Gasteiger partial charge < -0.3 is 10.2 Å². The van der Waals surface area contributed by atoms with Gasteiger partial charge in [-0.1, -0.05) is 12.0 Å². The van der Waals surface area contributed by atoms with Crippen LogP contribution in [0.1, 0.15) is 27.2 Å². The smallest absolute Gasteiger partial charge is 0.257 e. The first kappa shape index (κ1) is 23.4. The molecule has 0 spiro atoms. The first-order valence-electron chi connectivity index (χ1n) is 11.3. The highest BCUT2D eigenvalue weighted by molar-refractivity contribution is 14.1. The molecule has 1 aliphatic rings. The van der Waals surface area contributed by atoms with Crippen LogP contribution >= 0.6 is 22.6 Å². The normalized spacial score (nSPS) is 14.5. The first-order valence-corrected chi connectivity index (χ1v) is 12.4. The minimum absolute atomic E-state index is 0.224. The van der Waals surface area contributed by atoms with Crippen LogP contribution < -0.4 is 5.32 Å². The van der Waals surface area contributed by atoms with E-state index in [2.05, 4.69) is 82.8 Å². The van der Waals surface area contributed by atoms with Crippen molar-refractivity contribution in [3.05, 3.63) is 80.9 Å². The Labute approximate surface area is 217 Å². The monoisotopic (exact) mass is 577 g/mol. The van der Waals surface area contributed by atoms with Crippen molar-refractivity contribution in [1.29, 1.82) is 0 Å². The molecule has 2 N–H and O–H groups in total. The Bertz CT molecular complexity index is 1430. The van der Waals surface area contributed by atoms with E-state index in [0.717, 1.165) is 47.4 Å². The lowest BCUT2D eigenvalue weighted by atomic mass is 10.1. The van der Waals surface area contributed by atoms with E-state index in [-0.39, 0.29) is 5.91 Å². The molecule has 8 nitrogen and oxygen atoms in total. The van der Waals surface area contributed by atoms with Crippen molar-refractivity contribution in [2.45, 2.75) is 6.54 Å². The van der Waals surface area contributed by atoms with Crippen LogP contribution in [0.3, 0.4) is 0 Å². The highest BCUT2D eigenvalue weighted by atomic mass is 127. The molecule has 0 atom stereocenters. The Morgan fingerprint density at radius 2 is 2.00 bits per heavy atom. The van der Waals surface area contributed by atoms with Crippen LogP contribution in [-0.4, -0.2) is 69.1 Å². The quantitative estimate of drug-likeness (QED) is 0.286. The molecule has 4 aromatic rings. The minimum atomic E-state index is -0.224. The molecule has 9 heteroatoms. The van der Waals surface area contributed by atoms with Crippen LogP contribution in [0.5, 0.6) is 0 Å². The number of anilines is 1.